The standard InChI is InChI=1S/C15H22O9/c1-7-12(6-20-8(2)16)24-15(23-11(5)19)14(22-10(4)18)13(7)21-9(3)17/h7,12-15H,6H2,1-5H3/t7-,12-,13+,14+,15?/m1/s1. The molecule has 0 aromatic carbocycles. The predicted molar refractivity (Wildman–Crippen MR) is 77.3 cm³/mol. The average molecular weight is 346 g/mol. The molecular weight excluding hydrogens is 324 g/mol. The molecule has 1 heterocycles. The molecule has 1 aliphatic rings. The highest BCUT2D eigenvalue weighted by atomic mass is 16.7. The van der Waals surface area contributed by atoms with Crippen LogP contribution >= 0.6 is 0 Å². The minimum absolute atomic E-state index is 0.126. The zero-order valence-corrected chi connectivity index (χ0v) is 14.3. The van der Waals surface area contributed by atoms with E-state index in [1.807, 2.05) is 0 Å². The van der Waals surface area contributed by atoms with Gasteiger partial charge in [-0.3, -0.25) is 19.2 Å². The topological polar surface area (TPSA) is 114 Å². The molecule has 9 nitrogen and oxygen atoms in total. The van der Waals surface area contributed by atoms with Crippen LogP contribution in [0.4, 0.5) is 0 Å². The van der Waals surface area contributed by atoms with Crippen LogP contribution in [-0.4, -0.2) is 55.1 Å². The van der Waals surface area contributed by atoms with E-state index in [-0.39, 0.29) is 6.61 Å². The van der Waals surface area contributed by atoms with Gasteiger partial charge in [0, 0.05) is 33.6 Å². The van der Waals surface area contributed by atoms with Gasteiger partial charge in [0.15, 0.2) is 0 Å². The van der Waals surface area contributed by atoms with Gasteiger partial charge in [0.05, 0.1) is 0 Å². The van der Waals surface area contributed by atoms with E-state index in [1.165, 1.54) is 20.8 Å². The Labute approximate surface area is 139 Å². The number of hydrogen-bond donors (Lipinski definition) is 0. The molecule has 1 rings (SSSR count). The molecule has 136 valence electrons. The fourth-order valence-electron chi connectivity index (χ4n) is 2.37. The number of rotatable bonds is 5. The van der Waals surface area contributed by atoms with Crippen LogP contribution in [0.25, 0.3) is 0 Å². The van der Waals surface area contributed by atoms with E-state index < -0.39 is 54.4 Å². The third kappa shape index (κ3) is 5.80. The summed E-state index contributed by atoms with van der Waals surface area (Å²) in [5.41, 5.74) is 0. The molecule has 0 bridgehead atoms. The molecular formula is C15H22O9. The van der Waals surface area contributed by atoms with E-state index in [9.17, 15) is 19.2 Å². The van der Waals surface area contributed by atoms with Crippen LogP contribution in [0.5, 0.6) is 0 Å². The van der Waals surface area contributed by atoms with Crippen molar-refractivity contribution >= 4 is 23.9 Å². The van der Waals surface area contributed by atoms with Crippen molar-refractivity contribution < 1.29 is 42.9 Å². The Balaban J connectivity index is 3.07. The molecule has 1 aliphatic heterocycles. The van der Waals surface area contributed by atoms with E-state index in [0.29, 0.717) is 0 Å². The largest absolute Gasteiger partial charge is 0.463 e. The molecule has 1 unspecified atom stereocenters. The normalized spacial score (nSPS) is 29.3. The van der Waals surface area contributed by atoms with Crippen molar-refractivity contribution in [3.8, 4) is 0 Å². The highest BCUT2D eigenvalue weighted by molar-refractivity contribution is 5.68. The molecule has 0 aromatic heterocycles. The SMILES string of the molecule is CC(=O)OC[C@H]1OC(OC(C)=O)[C@@H](OC(C)=O)[C@@H](OC(C)=O)[C@@H]1C. The van der Waals surface area contributed by atoms with Gasteiger partial charge < -0.3 is 23.7 Å². The van der Waals surface area contributed by atoms with Crippen molar-refractivity contribution in [3.05, 3.63) is 0 Å². The third-order valence-electron chi connectivity index (χ3n) is 3.34. The Morgan fingerprint density at radius 1 is 0.792 bits per heavy atom. The van der Waals surface area contributed by atoms with Crippen molar-refractivity contribution in [1.82, 2.24) is 0 Å². The number of ether oxygens (including phenoxy) is 5. The molecule has 0 amide bonds. The first-order valence-electron chi connectivity index (χ1n) is 7.42. The quantitative estimate of drug-likeness (QED) is 0.513. The van der Waals surface area contributed by atoms with Crippen LogP contribution in [0, 0.1) is 5.92 Å². The van der Waals surface area contributed by atoms with Crippen LogP contribution in [0.1, 0.15) is 34.6 Å². The molecule has 9 heteroatoms. The first kappa shape index (κ1) is 19.9. The van der Waals surface area contributed by atoms with Gasteiger partial charge in [-0.25, -0.2) is 0 Å². The highest BCUT2D eigenvalue weighted by Crippen LogP contribution is 2.31. The summed E-state index contributed by atoms with van der Waals surface area (Å²) in [4.78, 5) is 45.0. The van der Waals surface area contributed by atoms with Crippen LogP contribution in [-0.2, 0) is 42.9 Å². The molecule has 24 heavy (non-hydrogen) atoms. The number of carbonyl (C=O) groups excluding carboxylic acids is 4. The van der Waals surface area contributed by atoms with Crippen molar-refractivity contribution in [2.75, 3.05) is 6.61 Å². The first-order valence-corrected chi connectivity index (χ1v) is 7.42. The van der Waals surface area contributed by atoms with Gasteiger partial charge in [0.1, 0.15) is 18.8 Å². The predicted octanol–water partition coefficient (Wildman–Crippen LogP) is 0.337. The molecule has 1 fully saturated rings. The van der Waals surface area contributed by atoms with E-state index in [2.05, 4.69) is 0 Å². The summed E-state index contributed by atoms with van der Waals surface area (Å²) in [6.07, 6.45) is -4.05. The lowest BCUT2D eigenvalue weighted by Crippen LogP contribution is -2.58. The summed E-state index contributed by atoms with van der Waals surface area (Å²) in [6, 6.07) is 0. The van der Waals surface area contributed by atoms with Crippen molar-refractivity contribution in [3.63, 3.8) is 0 Å². The minimum atomic E-state index is -1.28. The maximum atomic E-state index is 11.4. The molecule has 0 N–H and O–H groups in total. The highest BCUT2D eigenvalue weighted by Gasteiger charge is 2.49. The van der Waals surface area contributed by atoms with Gasteiger partial charge in [-0.1, -0.05) is 6.92 Å². The lowest BCUT2D eigenvalue weighted by Gasteiger charge is -2.43. The molecule has 1 saturated heterocycles. The van der Waals surface area contributed by atoms with Crippen molar-refractivity contribution in [2.45, 2.75) is 59.2 Å². The Kier molecular flexibility index (Phi) is 7.15. The van der Waals surface area contributed by atoms with E-state index >= 15 is 0 Å². The second-order valence-electron chi connectivity index (χ2n) is 5.46. The van der Waals surface area contributed by atoms with E-state index in [0.717, 1.165) is 6.92 Å². The fourth-order valence-corrected chi connectivity index (χ4v) is 2.37. The minimum Gasteiger partial charge on any atom is -0.463 e. The summed E-state index contributed by atoms with van der Waals surface area (Å²) in [7, 11) is 0. The number of hydrogen-bond acceptors (Lipinski definition) is 9. The second kappa shape index (κ2) is 8.62. The Bertz CT molecular complexity index is 501. The van der Waals surface area contributed by atoms with Crippen LogP contribution in [0.15, 0.2) is 0 Å². The third-order valence-corrected chi connectivity index (χ3v) is 3.34. The maximum absolute atomic E-state index is 11.4. The van der Waals surface area contributed by atoms with Gasteiger partial charge in [0.2, 0.25) is 12.4 Å². The van der Waals surface area contributed by atoms with E-state index in [1.54, 1.807) is 6.92 Å². The molecule has 5 atom stereocenters. The molecule has 0 radical (unpaired) electrons. The average Bonchev–Trinajstić information content (AvgIpc) is 2.42. The molecule has 0 aliphatic carbocycles. The lowest BCUT2D eigenvalue weighted by atomic mass is 9.90. The fraction of sp³-hybridized carbons (Fsp3) is 0.733. The van der Waals surface area contributed by atoms with Gasteiger partial charge in [-0.2, -0.15) is 0 Å². The van der Waals surface area contributed by atoms with E-state index in [4.69, 9.17) is 23.7 Å². The van der Waals surface area contributed by atoms with Crippen LogP contribution in [0.3, 0.4) is 0 Å². The van der Waals surface area contributed by atoms with Crippen LogP contribution < -0.4 is 0 Å². The van der Waals surface area contributed by atoms with Crippen molar-refractivity contribution in [1.29, 1.82) is 0 Å². The monoisotopic (exact) mass is 346 g/mol. The number of carbonyl (C=O) groups is 4. The smallest absolute Gasteiger partial charge is 0.305 e. The molecule has 0 saturated carbocycles. The second-order valence-corrected chi connectivity index (χ2v) is 5.46. The van der Waals surface area contributed by atoms with Gasteiger partial charge >= 0.3 is 23.9 Å². The maximum Gasteiger partial charge on any atom is 0.305 e. The van der Waals surface area contributed by atoms with Gasteiger partial charge in [-0.15, -0.1) is 0 Å². The van der Waals surface area contributed by atoms with Gasteiger partial charge in [-0.05, 0) is 0 Å². The summed E-state index contributed by atoms with van der Waals surface area (Å²) in [6.45, 7) is 6.33. The van der Waals surface area contributed by atoms with Gasteiger partial charge in [0.25, 0.3) is 0 Å². The molecule has 0 aromatic rings. The Hall–Kier alpha value is -2.16. The Morgan fingerprint density at radius 3 is 1.75 bits per heavy atom. The number of esters is 4. The lowest BCUT2D eigenvalue weighted by molar-refractivity contribution is -0.286. The molecule has 0 spiro atoms. The van der Waals surface area contributed by atoms with Crippen molar-refractivity contribution in [2.24, 2.45) is 5.92 Å². The Morgan fingerprint density at radius 2 is 1.29 bits per heavy atom. The summed E-state index contributed by atoms with van der Waals surface area (Å²) >= 11 is 0. The summed E-state index contributed by atoms with van der Waals surface area (Å²) in [5.74, 6) is -2.91. The zero-order chi connectivity index (χ0) is 18.4. The van der Waals surface area contributed by atoms with Crippen LogP contribution in [0.2, 0.25) is 0 Å². The zero-order valence-electron chi connectivity index (χ0n) is 14.3. The summed E-state index contributed by atoms with van der Waals surface area (Å²) < 4.78 is 25.9. The first-order chi connectivity index (χ1) is 11.1. The summed E-state index contributed by atoms with van der Waals surface area (Å²) in [5, 5.41) is 0.